The van der Waals surface area contributed by atoms with Crippen molar-refractivity contribution in [3.05, 3.63) is 25.3 Å². The lowest BCUT2D eigenvalue weighted by atomic mass is 10.6. The van der Waals surface area contributed by atoms with Crippen molar-refractivity contribution in [2.75, 3.05) is 39.9 Å². The van der Waals surface area contributed by atoms with E-state index in [2.05, 4.69) is 28.5 Å². The van der Waals surface area contributed by atoms with Gasteiger partial charge in [-0.05, 0) is 12.2 Å². The molecule has 0 aromatic carbocycles. The topological polar surface area (TPSA) is 148 Å². The molecular weight excluding hydrogens is 284 g/mol. The molecule has 9 heteroatoms. The average Bonchev–Trinajstić information content (AvgIpc) is 2.49. The van der Waals surface area contributed by atoms with Crippen molar-refractivity contribution in [1.82, 2.24) is 10.6 Å². The molecule has 9 nitrogen and oxygen atoms in total. The van der Waals surface area contributed by atoms with Crippen molar-refractivity contribution in [3.63, 3.8) is 0 Å². The SMILES string of the molecule is C=CC(=O)NCO.C=CC(=O)NCO.OCCOCCO. The molecule has 6 N–H and O–H groups in total. The van der Waals surface area contributed by atoms with Crippen LogP contribution in [-0.4, -0.2) is 72.1 Å². The number of nitrogens with one attached hydrogen (secondary N) is 2. The normalized spacial score (nSPS) is 8.19. The number of carbonyl (C=O) groups is 2. The molecule has 0 aliphatic rings. The summed E-state index contributed by atoms with van der Waals surface area (Å²) in [6.45, 7) is 6.35. The minimum Gasteiger partial charge on any atom is -0.394 e. The number of amides is 2. The lowest BCUT2D eigenvalue weighted by Gasteiger charge is -1.94. The van der Waals surface area contributed by atoms with Gasteiger partial charge < -0.3 is 35.8 Å². The van der Waals surface area contributed by atoms with Crippen LogP contribution in [0.25, 0.3) is 0 Å². The molecule has 0 spiro atoms. The van der Waals surface area contributed by atoms with Gasteiger partial charge in [0.05, 0.1) is 26.4 Å². The highest BCUT2D eigenvalue weighted by atomic mass is 16.5. The second kappa shape index (κ2) is 23.3. The lowest BCUT2D eigenvalue weighted by Crippen LogP contribution is -2.20. The Labute approximate surface area is 123 Å². The first-order valence-corrected chi connectivity index (χ1v) is 5.85. The molecule has 0 unspecified atom stereocenters. The first-order chi connectivity index (χ1) is 10.0. The van der Waals surface area contributed by atoms with Gasteiger partial charge in [0.2, 0.25) is 11.8 Å². The largest absolute Gasteiger partial charge is 0.394 e. The molecule has 0 radical (unpaired) electrons. The molecule has 0 aromatic rings. The van der Waals surface area contributed by atoms with Crippen LogP contribution in [0.1, 0.15) is 0 Å². The quantitative estimate of drug-likeness (QED) is 0.164. The van der Waals surface area contributed by atoms with Gasteiger partial charge in [0.1, 0.15) is 13.5 Å². The maximum Gasteiger partial charge on any atom is 0.245 e. The Hall–Kier alpha value is -1.78. The zero-order chi connectivity index (χ0) is 16.9. The van der Waals surface area contributed by atoms with Crippen molar-refractivity contribution in [1.29, 1.82) is 0 Å². The molecule has 0 fully saturated rings. The Balaban J connectivity index is -0.000000231. The molecule has 0 atom stereocenters. The lowest BCUT2D eigenvalue weighted by molar-refractivity contribution is -0.118. The first-order valence-electron chi connectivity index (χ1n) is 5.85. The van der Waals surface area contributed by atoms with Crippen LogP contribution in [0.4, 0.5) is 0 Å². The summed E-state index contributed by atoms with van der Waals surface area (Å²) in [5.41, 5.74) is 0. The highest BCUT2D eigenvalue weighted by Gasteiger charge is 1.85. The van der Waals surface area contributed by atoms with Crippen LogP contribution in [0.5, 0.6) is 0 Å². The van der Waals surface area contributed by atoms with E-state index in [1.807, 2.05) is 0 Å². The predicted octanol–water partition coefficient (Wildman–Crippen LogP) is -2.54. The van der Waals surface area contributed by atoms with Crippen molar-refractivity contribution in [3.8, 4) is 0 Å². The summed E-state index contributed by atoms with van der Waals surface area (Å²) in [6, 6.07) is 0. The van der Waals surface area contributed by atoms with Crippen molar-refractivity contribution in [2.24, 2.45) is 0 Å². The number of ether oxygens (including phenoxy) is 1. The number of hydrogen-bond acceptors (Lipinski definition) is 7. The summed E-state index contributed by atoms with van der Waals surface area (Å²) in [5.74, 6) is -0.718. The summed E-state index contributed by atoms with van der Waals surface area (Å²) in [5, 5.41) is 36.3. The Kier molecular flexibility index (Phi) is 26.9. The molecule has 0 aromatic heterocycles. The van der Waals surface area contributed by atoms with Gasteiger partial charge in [-0.2, -0.15) is 0 Å². The zero-order valence-electron chi connectivity index (χ0n) is 11.8. The van der Waals surface area contributed by atoms with E-state index < -0.39 is 0 Å². The van der Waals surface area contributed by atoms with E-state index in [9.17, 15) is 9.59 Å². The van der Waals surface area contributed by atoms with E-state index in [0.29, 0.717) is 13.2 Å². The van der Waals surface area contributed by atoms with Crippen molar-refractivity contribution in [2.45, 2.75) is 0 Å². The number of rotatable bonds is 8. The van der Waals surface area contributed by atoms with Crippen molar-refractivity contribution < 1.29 is 34.8 Å². The zero-order valence-corrected chi connectivity index (χ0v) is 11.8. The molecule has 0 aliphatic heterocycles. The minimum atomic E-state index is -0.359. The fourth-order valence-electron chi connectivity index (χ4n) is 0.531. The number of aliphatic hydroxyl groups is 4. The van der Waals surface area contributed by atoms with Crippen LogP contribution in [0.3, 0.4) is 0 Å². The fourth-order valence-corrected chi connectivity index (χ4v) is 0.531. The molecule has 0 bridgehead atoms. The smallest absolute Gasteiger partial charge is 0.245 e. The van der Waals surface area contributed by atoms with E-state index >= 15 is 0 Å². The number of carbonyl (C=O) groups excluding carboxylic acids is 2. The van der Waals surface area contributed by atoms with Gasteiger partial charge in [-0.3, -0.25) is 9.59 Å². The van der Waals surface area contributed by atoms with Gasteiger partial charge in [0.15, 0.2) is 0 Å². The summed E-state index contributed by atoms with van der Waals surface area (Å²) in [4.78, 5) is 20.0. The molecule has 0 heterocycles. The third-order valence-corrected chi connectivity index (χ3v) is 1.35. The molecule has 0 saturated heterocycles. The predicted molar refractivity (Wildman–Crippen MR) is 75.8 cm³/mol. The summed E-state index contributed by atoms with van der Waals surface area (Å²) in [6.07, 6.45) is 2.19. The van der Waals surface area contributed by atoms with Crippen LogP contribution in [0.15, 0.2) is 25.3 Å². The molecule has 21 heavy (non-hydrogen) atoms. The minimum absolute atomic E-state index is 0.0278. The summed E-state index contributed by atoms with van der Waals surface area (Å²) >= 11 is 0. The van der Waals surface area contributed by atoms with E-state index in [0.717, 1.165) is 12.2 Å². The maximum atomic E-state index is 10.0. The van der Waals surface area contributed by atoms with Crippen LogP contribution >= 0.6 is 0 Å². The highest BCUT2D eigenvalue weighted by Crippen LogP contribution is 1.68. The average molecular weight is 308 g/mol. The Morgan fingerprint density at radius 2 is 1.19 bits per heavy atom. The Morgan fingerprint density at radius 1 is 0.857 bits per heavy atom. The summed E-state index contributed by atoms with van der Waals surface area (Å²) < 4.78 is 4.63. The number of aliphatic hydroxyl groups excluding tert-OH is 4. The Morgan fingerprint density at radius 3 is 1.33 bits per heavy atom. The number of hydrogen-bond donors (Lipinski definition) is 6. The second-order valence-corrected chi connectivity index (χ2v) is 2.87. The molecule has 0 saturated carbocycles. The standard InChI is InChI=1S/2C4H7NO2.C4H10O3/c2*1-2-4(7)5-3-6;5-1-3-7-4-2-6/h2*2,6H,1,3H2,(H,5,7);5-6H,1-4H2. The van der Waals surface area contributed by atoms with Gasteiger partial charge in [0.25, 0.3) is 0 Å². The third kappa shape index (κ3) is 32.1. The van der Waals surface area contributed by atoms with Crippen LogP contribution in [0, 0.1) is 0 Å². The molecule has 124 valence electrons. The molecular formula is C12H24N2O7. The van der Waals surface area contributed by atoms with Crippen LogP contribution < -0.4 is 10.6 Å². The van der Waals surface area contributed by atoms with Crippen molar-refractivity contribution >= 4 is 11.8 Å². The van der Waals surface area contributed by atoms with Crippen LogP contribution in [-0.2, 0) is 14.3 Å². The van der Waals surface area contributed by atoms with Gasteiger partial charge >= 0.3 is 0 Å². The maximum absolute atomic E-state index is 10.0. The highest BCUT2D eigenvalue weighted by molar-refractivity contribution is 5.86. The van der Waals surface area contributed by atoms with E-state index in [1.165, 1.54) is 0 Å². The van der Waals surface area contributed by atoms with Gasteiger partial charge in [-0.25, -0.2) is 0 Å². The van der Waals surface area contributed by atoms with Gasteiger partial charge in [-0.15, -0.1) is 0 Å². The summed E-state index contributed by atoms with van der Waals surface area (Å²) in [7, 11) is 0. The first kappa shape index (κ1) is 24.3. The van der Waals surface area contributed by atoms with E-state index in [4.69, 9.17) is 20.4 Å². The van der Waals surface area contributed by atoms with E-state index in [-0.39, 0.29) is 38.5 Å². The fraction of sp³-hybridized carbons (Fsp3) is 0.500. The molecule has 2 amide bonds. The van der Waals surface area contributed by atoms with E-state index in [1.54, 1.807) is 0 Å². The van der Waals surface area contributed by atoms with Gasteiger partial charge in [0, 0.05) is 0 Å². The second-order valence-electron chi connectivity index (χ2n) is 2.87. The van der Waals surface area contributed by atoms with Crippen LogP contribution in [0.2, 0.25) is 0 Å². The third-order valence-electron chi connectivity index (χ3n) is 1.35. The molecule has 0 rings (SSSR count). The van der Waals surface area contributed by atoms with Gasteiger partial charge in [-0.1, -0.05) is 13.2 Å². The molecule has 0 aliphatic carbocycles. The monoisotopic (exact) mass is 308 g/mol. The Bertz CT molecular complexity index is 246.